The van der Waals surface area contributed by atoms with Crippen LogP contribution in [0.3, 0.4) is 0 Å². The van der Waals surface area contributed by atoms with Crippen molar-refractivity contribution < 1.29 is 88.5 Å². The van der Waals surface area contributed by atoms with Crippen molar-refractivity contribution in [2.24, 2.45) is 40.4 Å². The van der Waals surface area contributed by atoms with Crippen LogP contribution in [0.25, 0.3) is 0 Å². The minimum Gasteiger partial charge on any atom is -0.394 e. The molecule has 7 heterocycles. The van der Waals surface area contributed by atoms with Crippen LogP contribution in [0.2, 0.25) is 0 Å². The standard InChI is InChI=1S/C44H68O18/c1-20-6-11-44(54-17-20)21(2)28-24(60-44)14-27-39(28,4)9-8-26-40(5)10-7-23(15-42(40)12-13-43(26,27)62-61-42)56-37-34(59-36-32(50)31(49)29(47)22(3)55-36)33(30(48)25(16-45)57-37)58-38-35(51)41(52,18-46)19-53-38/h12-13,20-38,45-52H,6-11,14-19H2,1-5H3/t20-,21+,22+,23+,24+,25-,26-,27-,28+,29+,30-,31-,32-,33+,34-,35+,36+,37-,38+,39+,40-,41-,42-,43-,44-/m1/s1. The Morgan fingerprint density at radius 1 is 0.758 bits per heavy atom. The fraction of sp³-hybridized carbons (Fsp3) is 0.955. The van der Waals surface area contributed by atoms with Crippen LogP contribution in [0.15, 0.2) is 12.2 Å². The van der Waals surface area contributed by atoms with E-state index in [1.54, 1.807) is 0 Å². The zero-order valence-corrected chi connectivity index (χ0v) is 36.3. The van der Waals surface area contributed by atoms with E-state index in [9.17, 15) is 40.9 Å². The summed E-state index contributed by atoms with van der Waals surface area (Å²) in [6.45, 7) is 9.50. The summed E-state index contributed by atoms with van der Waals surface area (Å²) >= 11 is 0. The van der Waals surface area contributed by atoms with E-state index in [4.69, 9.17) is 47.7 Å². The molecule has 11 rings (SSSR count). The quantitative estimate of drug-likeness (QED) is 0.117. The van der Waals surface area contributed by atoms with Gasteiger partial charge in [-0.3, -0.25) is 0 Å². The molecule has 3 spiro atoms. The van der Waals surface area contributed by atoms with Gasteiger partial charge in [0.2, 0.25) is 0 Å². The molecule has 11 aliphatic rings. The van der Waals surface area contributed by atoms with Crippen LogP contribution >= 0.6 is 0 Å². The van der Waals surface area contributed by atoms with Gasteiger partial charge in [0.1, 0.15) is 65.6 Å². The van der Waals surface area contributed by atoms with E-state index in [2.05, 4.69) is 39.8 Å². The third kappa shape index (κ3) is 6.34. The molecular formula is C44H68O18. The first-order chi connectivity index (χ1) is 29.4. The van der Waals surface area contributed by atoms with Crippen LogP contribution in [0.5, 0.6) is 0 Å². The maximum Gasteiger partial charge on any atom is 0.187 e. The average molecular weight is 885 g/mol. The van der Waals surface area contributed by atoms with Gasteiger partial charge in [-0.2, -0.15) is 0 Å². The Kier molecular flexibility index (Phi) is 11.2. The van der Waals surface area contributed by atoms with Crippen molar-refractivity contribution in [3.05, 3.63) is 12.2 Å². The average Bonchev–Trinajstić information content (AvgIpc) is 3.83. The van der Waals surface area contributed by atoms with Gasteiger partial charge in [0.15, 0.2) is 24.7 Å². The molecule has 2 bridgehead atoms. The summed E-state index contributed by atoms with van der Waals surface area (Å²) in [5.74, 6) is 0.919. The predicted molar refractivity (Wildman–Crippen MR) is 209 cm³/mol. The van der Waals surface area contributed by atoms with E-state index in [1.165, 1.54) is 6.92 Å². The number of aliphatic hydroxyl groups is 8. The van der Waals surface area contributed by atoms with Crippen LogP contribution in [0.4, 0.5) is 0 Å². The molecule has 18 nitrogen and oxygen atoms in total. The lowest BCUT2D eigenvalue weighted by Gasteiger charge is -2.69. The summed E-state index contributed by atoms with van der Waals surface area (Å²) in [5, 5.41) is 85.4. The SMILES string of the molecule is C[C@@H]1CC[C@@]2(OC1)O[C@H]1C[C@@H]3[C@](C)(CC[C@H]4[C@]35C=C[C@]3(C[C@@H](O[C@@H]6O[C@H](CO)[C@@H](O)[C@H](O[C@@H]7OC[C@](O)(CO)[C@H]7O)[C@H]6O[C@@H]6O[C@@H](C)[C@H](O)[C@@H](O)[C@H]6O)CC[C@]43C)OO5)[C@H]1[C@@H]2C. The van der Waals surface area contributed by atoms with Gasteiger partial charge < -0.3 is 78.7 Å². The number of fused-ring (bicyclic) bond motifs is 4. The van der Waals surface area contributed by atoms with E-state index < -0.39 is 122 Å². The summed E-state index contributed by atoms with van der Waals surface area (Å²) in [4.78, 5) is 13.4. The van der Waals surface area contributed by atoms with Crippen LogP contribution in [0, 0.1) is 40.4 Å². The zero-order valence-electron chi connectivity index (χ0n) is 36.3. The van der Waals surface area contributed by atoms with E-state index in [-0.39, 0.29) is 34.7 Å². The van der Waals surface area contributed by atoms with Crippen molar-refractivity contribution in [1.82, 2.24) is 0 Å². The lowest BCUT2D eigenvalue weighted by molar-refractivity contribution is -0.499. The smallest absolute Gasteiger partial charge is 0.187 e. The van der Waals surface area contributed by atoms with Gasteiger partial charge in [-0.05, 0) is 68.8 Å². The first kappa shape index (κ1) is 44.8. The Hall–Kier alpha value is -0.980. The largest absolute Gasteiger partial charge is 0.394 e. The molecule has 25 atom stereocenters. The first-order valence-electron chi connectivity index (χ1n) is 23.0. The third-order valence-corrected chi connectivity index (χ3v) is 18.0. The topological polar surface area (TPSA) is 254 Å². The van der Waals surface area contributed by atoms with E-state index in [1.807, 2.05) is 0 Å². The van der Waals surface area contributed by atoms with Crippen molar-refractivity contribution in [3.8, 4) is 0 Å². The monoisotopic (exact) mass is 884 g/mol. The lowest BCUT2D eigenvalue weighted by Crippen LogP contribution is -2.73. The molecule has 0 radical (unpaired) electrons. The van der Waals surface area contributed by atoms with Gasteiger partial charge >= 0.3 is 0 Å². The highest BCUT2D eigenvalue weighted by Gasteiger charge is 2.78. The van der Waals surface area contributed by atoms with Crippen molar-refractivity contribution >= 4 is 0 Å². The lowest BCUT2D eigenvalue weighted by atomic mass is 9.42. The van der Waals surface area contributed by atoms with Crippen LogP contribution in [-0.4, -0.2) is 176 Å². The maximum atomic E-state index is 11.6. The summed E-state index contributed by atoms with van der Waals surface area (Å²) in [5.41, 5.74) is -3.95. The summed E-state index contributed by atoms with van der Waals surface area (Å²) in [6.07, 6.45) is -7.67. The highest BCUT2D eigenvalue weighted by Crippen LogP contribution is 2.75. The van der Waals surface area contributed by atoms with Crippen LogP contribution in [0.1, 0.15) is 86.0 Å². The fourth-order valence-electron chi connectivity index (χ4n) is 14.2. The number of hydrogen-bond acceptors (Lipinski definition) is 18. The van der Waals surface area contributed by atoms with Gasteiger partial charge in [-0.25, -0.2) is 9.78 Å². The molecule has 7 aliphatic heterocycles. The Morgan fingerprint density at radius 3 is 2.21 bits per heavy atom. The van der Waals surface area contributed by atoms with Crippen LogP contribution < -0.4 is 0 Å². The molecule has 4 aliphatic carbocycles. The van der Waals surface area contributed by atoms with Crippen molar-refractivity contribution in [2.45, 2.75) is 195 Å². The Bertz CT molecular complexity index is 1700. The second-order valence-corrected chi connectivity index (χ2v) is 21.3. The zero-order chi connectivity index (χ0) is 43.9. The van der Waals surface area contributed by atoms with Gasteiger partial charge in [-0.15, -0.1) is 0 Å². The molecular weight excluding hydrogens is 816 g/mol. The molecule has 9 fully saturated rings. The predicted octanol–water partition coefficient (Wildman–Crippen LogP) is -0.0823. The van der Waals surface area contributed by atoms with Gasteiger partial charge in [0.25, 0.3) is 0 Å². The number of rotatable bonds is 8. The third-order valence-electron chi connectivity index (χ3n) is 18.0. The number of aliphatic hydroxyl groups excluding tert-OH is 7. The molecule has 3 saturated carbocycles. The molecule has 18 heteroatoms. The fourth-order valence-corrected chi connectivity index (χ4v) is 14.2. The molecule has 6 saturated heterocycles. The second kappa shape index (κ2) is 15.5. The summed E-state index contributed by atoms with van der Waals surface area (Å²) < 4.78 is 50.1. The maximum absolute atomic E-state index is 11.6. The molecule has 62 heavy (non-hydrogen) atoms. The molecule has 0 unspecified atom stereocenters. The molecule has 0 aromatic heterocycles. The minimum atomic E-state index is -2.06. The highest BCUT2D eigenvalue weighted by atomic mass is 17.2. The Balaban J connectivity index is 0.908. The van der Waals surface area contributed by atoms with E-state index in [0.29, 0.717) is 31.1 Å². The van der Waals surface area contributed by atoms with Crippen molar-refractivity contribution in [2.75, 3.05) is 26.4 Å². The summed E-state index contributed by atoms with van der Waals surface area (Å²) in [7, 11) is 0. The van der Waals surface area contributed by atoms with Crippen molar-refractivity contribution in [3.63, 3.8) is 0 Å². The van der Waals surface area contributed by atoms with Gasteiger partial charge in [-0.1, -0.05) is 33.8 Å². The first-order valence-corrected chi connectivity index (χ1v) is 23.0. The molecule has 8 N–H and O–H groups in total. The molecule has 0 amide bonds. The number of ether oxygens (including phenoxy) is 8. The van der Waals surface area contributed by atoms with E-state index in [0.717, 1.165) is 38.7 Å². The molecule has 0 aromatic rings. The van der Waals surface area contributed by atoms with Gasteiger partial charge in [0, 0.05) is 36.0 Å². The highest BCUT2D eigenvalue weighted by molar-refractivity contribution is 5.34. The normalized spacial score (nSPS) is 60.4. The van der Waals surface area contributed by atoms with E-state index >= 15 is 0 Å². The molecule has 0 aromatic carbocycles. The van der Waals surface area contributed by atoms with Gasteiger partial charge in [0.05, 0.1) is 44.7 Å². The Labute approximate surface area is 361 Å². The minimum absolute atomic E-state index is 0.0458. The summed E-state index contributed by atoms with van der Waals surface area (Å²) in [6, 6.07) is 0. The number of hydrogen-bond donors (Lipinski definition) is 8. The molecule has 352 valence electrons. The Morgan fingerprint density at radius 2 is 1.53 bits per heavy atom. The second-order valence-electron chi connectivity index (χ2n) is 21.3. The van der Waals surface area contributed by atoms with Crippen LogP contribution in [-0.2, 0) is 47.7 Å². The van der Waals surface area contributed by atoms with Crippen molar-refractivity contribution in [1.29, 1.82) is 0 Å².